The highest BCUT2D eigenvalue weighted by atomic mass is 32.1. The average Bonchev–Trinajstić information content (AvgIpc) is 1.76. The minimum atomic E-state index is 0.748. The van der Waals surface area contributed by atoms with Gasteiger partial charge in [0.1, 0.15) is 23.0 Å². The first-order valence-corrected chi connectivity index (χ1v) is 50.5. The normalized spacial score (nSPS) is 8.30. The molecule has 21 heteroatoms. The van der Waals surface area contributed by atoms with Gasteiger partial charge in [-0.3, -0.25) is 28.7 Å². The second-order valence-electron chi connectivity index (χ2n) is 30.4. The van der Waals surface area contributed by atoms with Gasteiger partial charge in [-0.05, 0) is 141 Å². The zero-order chi connectivity index (χ0) is 105. The topological polar surface area (TPSA) is 211 Å². The van der Waals surface area contributed by atoms with Gasteiger partial charge in [-0.1, -0.05) is 383 Å². The van der Waals surface area contributed by atoms with Gasteiger partial charge in [0.15, 0.2) is 10.6 Å². The summed E-state index contributed by atoms with van der Waals surface area (Å²) < 4.78 is 16.8. The summed E-state index contributed by atoms with van der Waals surface area (Å²) in [6, 6.07) is 30.5. The van der Waals surface area contributed by atoms with E-state index in [0.717, 1.165) is 92.2 Å². The third kappa shape index (κ3) is 163. The van der Waals surface area contributed by atoms with Crippen molar-refractivity contribution in [3.8, 4) is 0 Å². The number of fused-ring (bicyclic) bond motifs is 5. The van der Waals surface area contributed by atoms with E-state index in [1.54, 1.807) is 134 Å². The van der Waals surface area contributed by atoms with Gasteiger partial charge in [0.25, 0.3) is 0 Å². The molecule has 0 atom stereocenters. The van der Waals surface area contributed by atoms with Crippen LogP contribution in [0.25, 0.3) is 33.1 Å². The molecule has 19 nitrogen and oxygen atoms in total. The molecule has 0 aliphatic carbocycles. The fourth-order valence-corrected chi connectivity index (χ4v) is 6.19. The van der Waals surface area contributed by atoms with Crippen LogP contribution in [0.2, 0.25) is 0 Å². The summed E-state index contributed by atoms with van der Waals surface area (Å²) in [5, 5.41) is 13.4. The molecule has 132 heavy (non-hydrogen) atoms. The Labute approximate surface area is 822 Å². The Morgan fingerprint density at radius 1 is 0.235 bits per heavy atom. The molecule has 14 heterocycles. The Morgan fingerprint density at radius 2 is 0.553 bits per heavy atom. The van der Waals surface area contributed by atoms with Crippen LogP contribution in [0.4, 0.5) is 0 Å². The summed E-state index contributed by atoms with van der Waals surface area (Å²) in [6.07, 6.45) is 45.8. The molecule has 1 aromatic carbocycles. The molecule has 0 radical (unpaired) electrons. The highest BCUT2D eigenvalue weighted by molar-refractivity contribution is 7.15. The Hall–Kier alpha value is -9.99. The van der Waals surface area contributed by atoms with Crippen molar-refractivity contribution in [2.45, 2.75) is 346 Å². The van der Waals surface area contributed by atoms with Crippen molar-refractivity contribution in [3.63, 3.8) is 0 Å². The van der Waals surface area contributed by atoms with E-state index in [-0.39, 0.29) is 0 Å². The molecule has 15 rings (SSSR count). The lowest BCUT2D eigenvalue weighted by atomic mass is 10.3. The van der Waals surface area contributed by atoms with E-state index in [1.165, 1.54) is 6.33 Å². The summed E-state index contributed by atoms with van der Waals surface area (Å²) in [7, 11) is 0. The fourth-order valence-electron chi connectivity index (χ4n) is 5.06. The minimum Gasteiger partial charge on any atom is -0.473 e. The zero-order valence-electron chi connectivity index (χ0n) is 94.0. The standard InChI is InChI=1S/C7H6N2.2C6H5N3.C6H4N2O.C5H4N2S.C5H5N.2C4H4N2.C4H4O.C4H4S.10C4H10.10C2H6/c1-2-5-9-6-4-8-7(9)3-1;1-3-9-4-2-8-6(9)5-7-1;1-2-7-6-8-3-5-9(6)4-1;1-2-4-6-5(3-1)7-9-8-6;1-2-7-3-4-8-5(7)6-1;1-2-4-6-5-3-1;1-2-6-4-3-5-1;1-2-5-4-6-3-1;2*1-2-4-5-3-1;10*1-4(2)3;10*1-2/h1-6H;2*1-5H;1-4H;1-4H;1-5H;2*1-4H;2*1-4H;10*4H,1-3H3;10*1-2H3. The molecule has 0 amide bonds. The number of thiophene rings is 1. The lowest BCUT2D eigenvalue weighted by molar-refractivity contribution is 0.315. The molecule has 0 bridgehead atoms. The monoisotopic (exact) mass is 1870 g/mol. The zero-order valence-corrected chi connectivity index (χ0v) is 95.6. The second kappa shape index (κ2) is 139. The highest BCUT2D eigenvalue weighted by Crippen LogP contribution is 2.07. The maximum Gasteiger partial charge on any atom is 0.233 e. The Bertz CT molecular complexity index is 3320. The SMILES string of the molecule is CC.CC.CC.CC.CC.CC.CC.CC.CC.CC.CC(C)C.CC(C)C.CC(C)C.CC(C)C.CC(C)C.CC(C)C.CC(C)C.CC(C)C.CC(C)C.CC(C)C.c1ccc2nonc2c1.c1ccn2ccnc2c1.c1ccncc1.c1ccoc1.c1ccsc1.c1cn2ccnc2cn1.c1cn2ccsc2n1.c1cnc2nccn2c1.c1cnccn1.c1cncnc1. The van der Waals surface area contributed by atoms with Crippen molar-refractivity contribution in [2.75, 3.05) is 0 Å². The van der Waals surface area contributed by atoms with Crippen LogP contribution in [0, 0.1) is 59.2 Å². The summed E-state index contributed by atoms with van der Waals surface area (Å²) in [4.78, 5) is 43.7. The molecule has 15 aromatic rings. The summed E-state index contributed by atoms with van der Waals surface area (Å²) in [6.45, 7) is 105. The Balaban J connectivity index is -0.0000000838. The van der Waals surface area contributed by atoms with Crippen LogP contribution in [-0.4, -0.2) is 82.7 Å². The number of aromatic nitrogens is 17. The molecule has 0 saturated heterocycles. The smallest absolute Gasteiger partial charge is 0.233 e. The predicted molar refractivity (Wildman–Crippen MR) is 596 cm³/mol. The van der Waals surface area contributed by atoms with Gasteiger partial charge in [-0.15, -0.1) is 11.3 Å². The van der Waals surface area contributed by atoms with Gasteiger partial charge in [0, 0.05) is 142 Å². The molecule has 0 aliphatic heterocycles. The summed E-state index contributed by atoms with van der Waals surface area (Å²) in [5.41, 5.74) is 3.49. The maximum atomic E-state index is 4.58. The van der Waals surface area contributed by atoms with E-state index in [1.807, 2.05) is 313 Å². The quantitative estimate of drug-likeness (QED) is 0.138. The first kappa shape index (κ1) is 156. The van der Waals surface area contributed by atoms with Gasteiger partial charge in [-0.25, -0.2) is 39.5 Å². The summed E-state index contributed by atoms with van der Waals surface area (Å²) in [5.74, 6) is 9.08. The number of nitrogens with zero attached hydrogens (tertiary/aromatic N) is 17. The number of imidazole rings is 4. The molecule has 758 valence electrons. The number of rotatable bonds is 0. The molecular formula is C111H205N17O2S2. The molecule has 0 saturated carbocycles. The number of hydrogen-bond donors (Lipinski definition) is 0. The van der Waals surface area contributed by atoms with Gasteiger partial charge < -0.3 is 13.2 Å². The minimum absolute atomic E-state index is 0.748. The van der Waals surface area contributed by atoms with Crippen LogP contribution in [0.15, 0.2) is 284 Å². The van der Waals surface area contributed by atoms with Crippen molar-refractivity contribution >= 4 is 55.7 Å². The number of thiazole rings is 1. The highest BCUT2D eigenvalue weighted by Gasteiger charge is 1.94. The van der Waals surface area contributed by atoms with E-state index in [4.69, 9.17) is 0 Å². The molecule has 0 spiro atoms. The maximum absolute atomic E-state index is 4.58. The number of pyridine rings is 2. The largest absolute Gasteiger partial charge is 0.473 e. The lowest BCUT2D eigenvalue weighted by Gasteiger charge is -1.86. The van der Waals surface area contributed by atoms with E-state index in [0.29, 0.717) is 0 Å². The van der Waals surface area contributed by atoms with Crippen LogP contribution in [0.1, 0.15) is 346 Å². The van der Waals surface area contributed by atoms with Gasteiger partial charge >= 0.3 is 0 Å². The average molecular weight is 1870 g/mol. The fraction of sp³-hybridized carbons (Fsp3) is 0.541. The van der Waals surface area contributed by atoms with Crippen LogP contribution >= 0.6 is 22.7 Å². The van der Waals surface area contributed by atoms with Gasteiger partial charge in [0.05, 0.1) is 18.7 Å². The number of hydrogen-bond acceptors (Lipinski definition) is 17. The second-order valence-corrected chi connectivity index (χ2v) is 32.1. The molecule has 0 N–H and O–H groups in total. The van der Waals surface area contributed by atoms with Crippen LogP contribution in [0.5, 0.6) is 0 Å². The van der Waals surface area contributed by atoms with E-state index in [2.05, 4.69) is 282 Å². The summed E-state index contributed by atoms with van der Waals surface area (Å²) >= 11 is 3.36. The van der Waals surface area contributed by atoms with E-state index < -0.39 is 0 Å². The third-order valence-corrected chi connectivity index (χ3v) is 9.65. The van der Waals surface area contributed by atoms with E-state index >= 15 is 0 Å². The predicted octanol–water partition coefficient (Wildman–Crippen LogP) is 37.4. The molecule has 0 fully saturated rings. The third-order valence-electron chi connectivity index (χ3n) is 8.24. The van der Waals surface area contributed by atoms with Crippen molar-refractivity contribution < 1.29 is 9.05 Å². The van der Waals surface area contributed by atoms with Gasteiger partial charge in [0.2, 0.25) is 5.78 Å². The van der Waals surface area contributed by atoms with E-state index in [9.17, 15) is 0 Å². The Kier molecular flexibility index (Phi) is 164. The van der Waals surface area contributed by atoms with Crippen molar-refractivity contribution in [1.82, 2.24) is 82.7 Å². The molecular weight excluding hydrogens is 1670 g/mol. The van der Waals surface area contributed by atoms with Crippen LogP contribution < -0.4 is 0 Å². The first-order valence-electron chi connectivity index (χ1n) is 48.7. The Morgan fingerprint density at radius 3 is 0.848 bits per heavy atom. The van der Waals surface area contributed by atoms with Crippen LogP contribution in [0.3, 0.4) is 0 Å². The van der Waals surface area contributed by atoms with Crippen molar-refractivity contribution in [2.24, 2.45) is 59.2 Å². The van der Waals surface area contributed by atoms with Gasteiger partial charge in [-0.2, -0.15) is 11.3 Å². The van der Waals surface area contributed by atoms with Crippen LogP contribution in [-0.2, 0) is 0 Å². The van der Waals surface area contributed by atoms with Crippen molar-refractivity contribution in [3.05, 3.63) is 275 Å². The molecule has 14 aromatic heterocycles. The number of benzene rings is 1. The van der Waals surface area contributed by atoms with Crippen molar-refractivity contribution in [1.29, 1.82) is 0 Å². The number of furan rings is 1. The molecule has 0 aliphatic rings. The first-order chi connectivity index (χ1) is 63.2. The molecule has 0 unspecified atom stereocenters. The lowest BCUT2D eigenvalue weighted by Crippen LogP contribution is -1.82.